The van der Waals surface area contributed by atoms with Crippen LogP contribution >= 0.6 is 0 Å². The van der Waals surface area contributed by atoms with Gasteiger partial charge in [0.05, 0.1) is 11.6 Å². The Morgan fingerprint density at radius 3 is 2.35 bits per heavy atom. The molecule has 0 spiro atoms. The molecule has 1 fully saturated rings. The number of alkyl halides is 3. The monoisotopic (exact) mass is 441 g/mol. The van der Waals surface area contributed by atoms with E-state index in [1.807, 2.05) is 6.07 Å². The molecule has 3 N–H and O–H groups in total. The van der Waals surface area contributed by atoms with Crippen LogP contribution in [0.3, 0.4) is 0 Å². The topological polar surface area (TPSA) is 90.4 Å². The molecule has 31 heavy (non-hydrogen) atoms. The van der Waals surface area contributed by atoms with Gasteiger partial charge in [-0.3, -0.25) is 0 Å². The first-order valence-corrected chi connectivity index (χ1v) is 10.8. The summed E-state index contributed by atoms with van der Waals surface area (Å²) in [4.78, 5) is 11.3. The second kappa shape index (κ2) is 12.6. The SMILES string of the molecule is CCCCCCC(C)c1ccc(C#N)c(C2CCN(C)CC2)c1N.O=C(O)C(F)(F)F. The maximum absolute atomic E-state index is 10.6. The van der Waals surface area contributed by atoms with E-state index in [9.17, 15) is 18.4 Å². The number of nitrogens with two attached hydrogens (primary N) is 1. The van der Waals surface area contributed by atoms with Gasteiger partial charge in [-0.05, 0) is 68.4 Å². The number of halogens is 3. The Hall–Kier alpha value is -2.27. The Kier molecular flexibility index (Phi) is 10.8. The second-order valence-corrected chi connectivity index (χ2v) is 8.27. The summed E-state index contributed by atoms with van der Waals surface area (Å²) in [7, 11) is 2.17. The molecular formula is C23H34F3N3O2. The van der Waals surface area contributed by atoms with E-state index in [1.54, 1.807) is 0 Å². The summed E-state index contributed by atoms with van der Waals surface area (Å²) >= 11 is 0. The van der Waals surface area contributed by atoms with Crippen molar-refractivity contribution in [1.82, 2.24) is 4.90 Å². The number of carboxylic acid groups (broad SMARTS) is 1. The largest absolute Gasteiger partial charge is 0.490 e. The number of nitrogen functional groups attached to an aromatic ring is 1. The van der Waals surface area contributed by atoms with Crippen molar-refractivity contribution in [2.45, 2.75) is 76.8 Å². The Morgan fingerprint density at radius 1 is 1.29 bits per heavy atom. The number of carboxylic acids is 1. The molecule has 1 heterocycles. The number of nitriles is 1. The lowest BCUT2D eigenvalue weighted by molar-refractivity contribution is -0.192. The van der Waals surface area contributed by atoms with Crippen LogP contribution in [0.1, 0.15) is 87.3 Å². The summed E-state index contributed by atoms with van der Waals surface area (Å²) in [5.41, 5.74) is 10.6. The van der Waals surface area contributed by atoms with Gasteiger partial charge in [0.15, 0.2) is 0 Å². The van der Waals surface area contributed by atoms with E-state index in [-0.39, 0.29) is 0 Å². The fraction of sp³-hybridized carbons (Fsp3) is 0.652. The summed E-state index contributed by atoms with van der Waals surface area (Å²) in [6, 6.07) is 6.47. The lowest BCUT2D eigenvalue weighted by Gasteiger charge is -2.31. The van der Waals surface area contributed by atoms with E-state index in [0.717, 1.165) is 42.7 Å². The molecule has 0 radical (unpaired) electrons. The number of carbonyl (C=O) groups is 1. The molecule has 1 saturated heterocycles. The third kappa shape index (κ3) is 8.41. The summed E-state index contributed by atoms with van der Waals surface area (Å²) in [5.74, 6) is -1.85. The highest BCUT2D eigenvalue weighted by Gasteiger charge is 2.38. The molecule has 1 aromatic rings. The minimum absolute atomic E-state index is 0.433. The van der Waals surface area contributed by atoms with Gasteiger partial charge < -0.3 is 15.7 Å². The number of hydrogen-bond acceptors (Lipinski definition) is 4. The Labute approximate surface area is 183 Å². The predicted octanol–water partition coefficient (Wildman–Crippen LogP) is 5.66. The minimum Gasteiger partial charge on any atom is -0.475 e. The highest BCUT2D eigenvalue weighted by molar-refractivity contribution is 5.73. The van der Waals surface area contributed by atoms with Gasteiger partial charge in [0, 0.05) is 5.69 Å². The molecule has 0 bridgehead atoms. The van der Waals surface area contributed by atoms with Crippen molar-refractivity contribution in [3.8, 4) is 6.07 Å². The van der Waals surface area contributed by atoms with Crippen molar-refractivity contribution in [2.24, 2.45) is 0 Å². The number of likely N-dealkylation sites (tertiary alicyclic amines) is 1. The average Bonchev–Trinajstić information content (AvgIpc) is 2.71. The fourth-order valence-electron chi connectivity index (χ4n) is 3.95. The lowest BCUT2D eigenvalue weighted by atomic mass is 9.82. The first-order chi connectivity index (χ1) is 14.5. The van der Waals surface area contributed by atoms with E-state index >= 15 is 0 Å². The summed E-state index contributed by atoms with van der Waals surface area (Å²) in [5, 5.41) is 16.7. The van der Waals surface area contributed by atoms with Crippen molar-refractivity contribution in [1.29, 1.82) is 5.26 Å². The second-order valence-electron chi connectivity index (χ2n) is 8.27. The van der Waals surface area contributed by atoms with Crippen LogP contribution in [0.5, 0.6) is 0 Å². The van der Waals surface area contributed by atoms with E-state index < -0.39 is 12.1 Å². The van der Waals surface area contributed by atoms with Gasteiger partial charge in [-0.25, -0.2) is 4.79 Å². The third-order valence-corrected chi connectivity index (χ3v) is 5.83. The molecule has 0 aromatic heterocycles. The van der Waals surface area contributed by atoms with Crippen molar-refractivity contribution in [3.05, 3.63) is 28.8 Å². The molecule has 8 heteroatoms. The van der Waals surface area contributed by atoms with Crippen LogP contribution in [-0.4, -0.2) is 42.3 Å². The van der Waals surface area contributed by atoms with Crippen molar-refractivity contribution in [3.63, 3.8) is 0 Å². The van der Waals surface area contributed by atoms with Gasteiger partial charge in [0.25, 0.3) is 0 Å². The van der Waals surface area contributed by atoms with E-state index in [2.05, 4.69) is 37.9 Å². The van der Waals surface area contributed by atoms with Gasteiger partial charge in [-0.15, -0.1) is 0 Å². The molecule has 0 amide bonds. The number of nitrogens with zero attached hydrogens (tertiary/aromatic N) is 2. The Bertz CT molecular complexity index is 752. The van der Waals surface area contributed by atoms with Gasteiger partial charge in [-0.1, -0.05) is 45.6 Å². The summed E-state index contributed by atoms with van der Waals surface area (Å²) in [6.07, 6.45) is 3.46. The predicted molar refractivity (Wildman–Crippen MR) is 116 cm³/mol. The first kappa shape index (κ1) is 26.8. The fourth-order valence-corrected chi connectivity index (χ4v) is 3.95. The van der Waals surface area contributed by atoms with E-state index in [0.29, 0.717) is 11.8 Å². The molecule has 0 aliphatic carbocycles. The number of anilines is 1. The summed E-state index contributed by atoms with van der Waals surface area (Å²) in [6.45, 7) is 6.70. The Morgan fingerprint density at radius 2 is 1.87 bits per heavy atom. The zero-order valence-electron chi connectivity index (χ0n) is 18.6. The zero-order valence-corrected chi connectivity index (χ0v) is 18.6. The summed E-state index contributed by atoms with van der Waals surface area (Å²) < 4.78 is 31.7. The molecule has 0 saturated carbocycles. The van der Waals surface area contributed by atoms with Crippen LogP contribution in [0.4, 0.5) is 18.9 Å². The standard InChI is InChI=1S/C21H33N3.C2HF3O2/c1-4-5-6-7-8-16(2)19-10-9-18(15-22)20(21(19)23)17-11-13-24(3)14-12-17;3-2(4,5)1(6)7/h9-10,16-17H,4-8,11-14,23H2,1-3H3;(H,6,7). The maximum atomic E-state index is 10.6. The highest BCUT2D eigenvalue weighted by Crippen LogP contribution is 2.38. The molecule has 174 valence electrons. The van der Waals surface area contributed by atoms with Crippen LogP contribution in [0.2, 0.25) is 0 Å². The molecular weight excluding hydrogens is 407 g/mol. The normalized spacial score (nSPS) is 16.2. The first-order valence-electron chi connectivity index (χ1n) is 10.8. The number of rotatable bonds is 7. The van der Waals surface area contributed by atoms with Crippen LogP contribution in [0.15, 0.2) is 12.1 Å². The highest BCUT2D eigenvalue weighted by atomic mass is 19.4. The molecule has 1 aliphatic rings. The van der Waals surface area contributed by atoms with E-state index in [4.69, 9.17) is 15.6 Å². The molecule has 2 rings (SSSR count). The van der Waals surface area contributed by atoms with E-state index in [1.165, 1.54) is 37.7 Å². The van der Waals surface area contributed by atoms with Crippen LogP contribution < -0.4 is 5.73 Å². The molecule has 1 unspecified atom stereocenters. The van der Waals surface area contributed by atoms with Gasteiger partial charge in [-0.2, -0.15) is 18.4 Å². The van der Waals surface area contributed by atoms with Crippen molar-refractivity contribution < 1.29 is 23.1 Å². The third-order valence-electron chi connectivity index (χ3n) is 5.83. The van der Waals surface area contributed by atoms with Crippen LogP contribution in [0, 0.1) is 11.3 Å². The van der Waals surface area contributed by atoms with Gasteiger partial charge in [0.1, 0.15) is 0 Å². The lowest BCUT2D eigenvalue weighted by Crippen LogP contribution is -2.30. The molecule has 1 aliphatic heterocycles. The van der Waals surface area contributed by atoms with Crippen molar-refractivity contribution >= 4 is 11.7 Å². The van der Waals surface area contributed by atoms with Crippen LogP contribution in [0.25, 0.3) is 0 Å². The quantitative estimate of drug-likeness (QED) is 0.421. The minimum atomic E-state index is -5.08. The maximum Gasteiger partial charge on any atom is 0.490 e. The van der Waals surface area contributed by atoms with Gasteiger partial charge in [0.2, 0.25) is 0 Å². The van der Waals surface area contributed by atoms with Crippen LogP contribution in [-0.2, 0) is 4.79 Å². The molecule has 5 nitrogen and oxygen atoms in total. The number of hydrogen-bond donors (Lipinski definition) is 2. The zero-order chi connectivity index (χ0) is 23.6. The number of unbranched alkanes of at least 4 members (excludes halogenated alkanes) is 3. The average molecular weight is 442 g/mol. The number of piperidine rings is 1. The number of aliphatic carboxylic acids is 1. The molecule has 1 atom stereocenters. The number of benzene rings is 1. The van der Waals surface area contributed by atoms with Gasteiger partial charge >= 0.3 is 12.1 Å². The molecule has 1 aromatic carbocycles. The van der Waals surface area contributed by atoms with Crippen molar-refractivity contribution in [2.75, 3.05) is 25.9 Å². The smallest absolute Gasteiger partial charge is 0.475 e. The Balaban J connectivity index is 0.000000592.